The van der Waals surface area contributed by atoms with Crippen molar-refractivity contribution in [2.75, 3.05) is 10.6 Å². The minimum atomic E-state index is -0.491. The van der Waals surface area contributed by atoms with Crippen molar-refractivity contribution >= 4 is 73.5 Å². The molecule has 1 aromatic heterocycles. The van der Waals surface area contributed by atoms with E-state index >= 15 is 0 Å². The van der Waals surface area contributed by atoms with Crippen LogP contribution in [0.2, 0.25) is 0 Å². The van der Waals surface area contributed by atoms with Crippen molar-refractivity contribution in [1.82, 2.24) is 5.32 Å². The number of nitrogens with zero attached hydrogens (tertiary/aromatic N) is 1. The third-order valence-electron chi connectivity index (χ3n) is 7.34. The van der Waals surface area contributed by atoms with Gasteiger partial charge in [0.25, 0.3) is 11.8 Å². The Morgan fingerprint density at radius 1 is 1.04 bits per heavy atom. The molecule has 3 amide bonds. The fraction of sp³-hybridized carbons (Fsp3) is 0.200. The number of carbonyl (C=O) groups excluding carboxylic acids is 3. The highest BCUT2D eigenvalue weighted by Gasteiger charge is 2.26. The first kappa shape index (κ1) is 32.2. The van der Waals surface area contributed by atoms with E-state index in [1.165, 1.54) is 28.0 Å². The van der Waals surface area contributed by atoms with Crippen LogP contribution in [-0.2, 0) is 22.4 Å². The number of hydrogen-bond acceptors (Lipinski definition) is 6. The molecule has 1 aliphatic carbocycles. The number of amides is 3. The van der Waals surface area contributed by atoms with E-state index in [1.807, 2.05) is 43.3 Å². The highest BCUT2D eigenvalue weighted by Crippen LogP contribution is 2.39. The molecule has 0 saturated carbocycles. The monoisotopic (exact) mass is 698 g/mol. The van der Waals surface area contributed by atoms with Gasteiger partial charge in [-0.3, -0.25) is 14.4 Å². The summed E-state index contributed by atoms with van der Waals surface area (Å²) in [6.07, 6.45) is 4.46. The van der Waals surface area contributed by atoms with Gasteiger partial charge in [0, 0.05) is 25.5 Å². The Morgan fingerprint density at radius 3 is 2.53 bits per heavy atom. The van der Waals surface area contributed by atoms with E-state index in [0.29, 0.717) is 27.7 Å². The Labute approximate surface area is 279 Å². The maximum Gasteiger partial charge on any atom is 0.272 e. The van der Waals surface area contributed by atoms with Crippen LogP contribution in [0, 0.1) is 17.2 Å². The zero-order chi connectivity index (χ0) is 31.9. The van der Waals surface area contributed by atoms with Gasteiger partial charge in [0.2, 0.25) is 5.91 Å². The fourth-order valence-corrected chi connectivity index (χ4v) is 7.50. The third kappa shape index (κ3) is 8.31. The van der Waals surface area contributed by atoms with E-state index in [0.717, 1.165) is 39.8 Å². The molecule has 0 saturated heterocycles. The van der Waals surface area contributed by atoms with E-state index < -0.39 is 17.1 Å². The van der Waals surface area contributed by atoms with Gasteiger partial charge in [0.15, 0.2) is 0 Å². The minimum Gasteiger partial charge on any atom is -0.321 e. The standard InChI is InChI=1S/C35H31BrN4O3S2/c1-21-11-16-28-29(20-37)35(45-31(28)17-21)40-32(41)22(2)44-27-10-6-9-26(19-27)38-34(43)30(18-23-12-14-25(36)15-13-23)39-33(42)24-7-4-3-5-8-24/h3-10,12-15,18-19,21-22H,11,16-17H2,1-2H3,(H,38,43)(H,39,42)(H,40,41)/b30-18+. The summed E-state index contributed by atoms with van der Waals surface area (Å²) in [5.74, 6) is -0.518. The topological polar surface area (TPSA) is 111 Å². The molecule has 2 unspecified atom stereocenters. The van der Waals surface area contributed by atoms with Crippen molar-refractivity contribution in [3.63, 3.8) is 0 Å². The lowest BCUT2D eigenvalue weighted by Gasteiger charge is -2.17. The smallest absolute Gasteiger partial charge is 0.272 e. The lowest BCUT2D eigenvalue weighted by Crippen LogP contribution is -2.30. The SMILES string of the molecule is CC1CCc2c(sc(NC(=O)C(C)Sc3cccc(NC(=O)/C(=C\c4ccc(Br)cc4)NC(=O)c4ccccc4)c3)c2C#N)C1. The molecule has 1 heterocycles. The Bertz CT molecular complexity index is 1800. The molecule has 3 N–H and O–H groups in total. The zero-order valence-electron chi connectivity index (χ0n) is 24.7. The van der Waals surface area contributed by atoms with E-state index in [4.69, 9.17) is 0 Å². The second-order valence-corrected chi connectivity index (χ2v) is 14.3. The van der Waals surface area contributed by atoms with Crippen molar-refractivity contribution in [3.05, 3.63) is 116 Å². The molecule has 0 radical (unpaired) electrons. The predicted molar refractivity (Wildman–Crippen MR) is 185 cm³/mol. The Kier molecular flexibility index (Phi) is 10.6. The van der Waals surface area contributed by atoms with Crippen LogP contribution in [0.5, 0.6) is 0 Å². The zero-order valence-corrected chi connectivity index (χ0v) is 27.9. The van der Waals surface area contributed by atoms with E-state index in [9.17, 15) is 19.6 Å². The van der Waals surface area contributed by atoms with Crippen LogP contribution in [0.4, 0.5) is 10.7 Å². The number of nitrogens with one attached hydrogen (secondary N) is 3. The molecule has 5 rings (SSSR count). The number of hydrogen-bond donors (Lipinski definition) is 3. The number of halogens is 1. The van der Waals surface area contributed by atoms with Gasteiger partial charge in [-0.15, -0.1) is 23.1 Å². The molecular formula is C35H31BrN4O3S2. The first-order valence-electron chi connectivity index (χ1n) is 14.5. The Balaban J connectivity index is 1.28. The summed E-state index contributed by atoms with van der Waals surface area (Å²) in [7, 11) is 0. The molecule has 0 bridgehead atoms. The van der Waals surface area contributed by atoms with Gasteiger partial charge in [-0.05, 0) is 91.8 Å². The minimum absolute atomic E-state index is 0.0818. The number of nitriles is 1. The summed E-state index contributed by atoms with van der Waals surface area (Å²) < 4.78 is 0.894. The molecule has 0 fully saturated rings. The van der Waals surface area contributed by atoms with Gasteiger partial charge >= 0.3 is 0 Å². The summed E-state index contributed by atoms with van der Waals surface area (Å²) in [4.78, 5) is 41.5. The van der Waals surface area contributed by atoms with Crippen LogP contribution in [0.3, 0.4) is 0 Å². The molecule has 4 aromatic rings. The number of thioether (sulfide) groups is 1. The van der Waals surface area contributed by atoms with E-state index in [1.54, 1.807) is 48.5 Å². The lowest BCUT2D eigenvalue weighted by atomic mass is 9.89. The van der Waals surface area contributed by atoms with Crippen molar-refractivity contribution in [1.29, 1.82) is 5.26 Å². The van der Waals surface area contributed by atoms with Crippen LogP contribution in [0.15, 0.2) is 93.9 Å². The summed E-state index contributed by atoms with van der Waals surface area (Å²) in [6, 6.07) is 25.6. The fourth-order valence-electron chi connectivity index (χ4n) is 4.94. The van der Waals surface area contributed by atoms with Crippen LogP contribution >= 0.6 is 39.0 Å². The van der Waals surface area contributed by atoms with Crippen molar-refractivity contribution in [2.24, 2.45) is 5.92 Å². The maximum absolute atomic E-state index is 13.5. The summed E-state index contributed by atoms with van der Waals surface area (Å²) >= 11 is 6.28. The number of fused-ring (bicyclic) bond motifs is 1. The van der Waals surface area contributed by atoms with Crippen molar-refractivity contribution in [2.45, 2.75) is 43.3 Å². The molecule has 0 aliphatic heterocycles. The van der Waals surface area contributed by atoms with Crippen LogP contribution in [-0.4, -0.2) is 23.0 Å². The molecule has 3 aromatic carbocycles. The predicted octanol–water partition coefficient (Wildman–Crippen LogP) is 8.04. The largest absolute Gasteiger partial charge is 0.321 e. The van der Waals surface area contributed by atoms with Gasteiger partial charge in [-0.1, -0.05) is 59.3 Å². The van der Waals surface area contributed by atoms with Crippen LogP contribution in [0.25, 0.3) is 6.08 Å². The maximum atomic E-state index is 13.5. The molecule has 2 atom stereocenters. The average Bonchev–Trinajstić information content (AvgIpc) is 3.37. The molecular weight excluding hydrogens is 668 g/mol. The number of thiophene rings is 1. The lowest BCUT2D eigenvalue weighted by molar-refractivity contribution is -0.115. The Hall–Kier alpha value is -4.17. The molecule has 1 aliphatic rings. The quantitative estimate of drug-likeness (QED) is 0.121. The van der Waals surface area contributed by atoms with Gasteiger partial charge in [-0.25, -0.2) is 0 Å². The first-order chi connectivity index (χ1) is 21.7. The van der Waals surface area contributed by atoms with Crippen LogP contribution < -0.4 is 16.0 Å². The van der Waals surface area contributed by atoms with Gasteiger partial charge in [-0.2, -0.15) is 5.26 Å². The second-order valence-electron chi connectivity index (χ2n) is 10.8. The molecule has 228 valence electrons. The van der Waals surface area contributed by atoms with Gasteiger partial charge in [0.05, 0.1) is 10.8 Å². The molecule has 10 heteroatoms. The summed E-state index contributed by atoms with van der Waals surface area (Å²) in [5, 5.41) is 18.6. The first-order valence-corrected chi connectivity index (χ1v) is 17.0. The van der Waals surface area contributed by atoms with E-state index in [2.05, 4.69) is 44.9 Å². The molecule has 7 nitrogen and oxygen atoms in total. The molecule has 0 spiro atoms. The summed E-state index contributed by atoms with van der Waals surface area (Å²) in [5.41, 5.74) is 3.42. The number of benzene rings is 3. The third-order valence-corrected chi connectivity index (χ3v) is 10.1. The van der Waals surface area contributed by atoms with Crippen LogP contribution in [0.1, 0.15) is 52.2 Å². The van der Waals surface area contributed by atoms with Crippen molar-refractivity contribution in [3.8, 4) is 6.07 Å². The highest BCUT2D eigenvalue weighted by atomic mass is 79.9. The number of rotatable bonds is 9. The Morgan fingerprint density at radius 2 is 1.80 bits per heavy atom. The normalized spacial score (nSPS) is 14.9. The second kappa shape index (κ2) is 14.7. The highest BCUT2D eigenvalue weighted by molar-refractivity contribution is 9.10. The van der Waals surface area contributed by atoms with Gasteiger partial charge < -0.3 is 16.0 Å². The van der Waals surface area contributed by atoms with E-state index in [-0.39, 0.29) is 11.6 Å². The molecule has 45 heavy (non-hydrogen) atoms. The number of carbonyl (C=O) groups is 3. The van der Waals surface area contributed by atoms with Gasteiger partial charge in [0.1, 0.15) is 16.8 Å². The van der Waals surface area contributed by atoms with Crippen molar-refractivity contribution < 1.29 is 14.4 Å². The summed E-state index contributed by atoms with van der Waals surface area (Å²) in [6.45, 7) is 4.02. The number of anilines is 2. The average molecular weight is 700 g/mol.